The second kappa shape index (κ2) is 15.8. The molecule has 13 nitrogen and oxygen atoms in total. The van der Waals surface area contributed by atoms with Crippen LogP contribution in [0.15, 0.2) is 122 Å². The van der Waals surface area contributed by atoms with E-state index in [0.717, 1.165) is 16.7 Å². The number of carbonyl (C=O) groups excluding carboxylic acids is 1. The van der Waals surface area contributed by atoms with Crippen molar-refractivity contribution in [2.45, 2.75) is 30.1 Å². The zero-order valence-electron chi connectivity index (χ0n) is 29.4. The average Bonchev–Trinajstić information content (AvgIpc) is 3.79. The highest BCUT2D eigenvalue weighted by Crippen LogP contribution is 2.43. The number of aliphatic hydroxyl groups is 1. The summed E-state index contributed by atoms with van der Waals surface area (Å²) in [4.78, 5) is 26.0. The monoisotopic (exact) mass is 717 g/mol. The number of hydrogen-bond donors (Lipinski definition) is 2. The molecule has 1 unspecified atom stereocenters. The second-order valence-electron chi connectivity index (χ2n) is 12.3. The number of nitrogens with zero attached hydrogens (tertiary/aromatic N) is 4. The second-order valence-corrected chi connectivity index (χ2v) is 12.3. The summed E-state index contributed by atoms with van der Waals surface area (Å²) < 4.78 is 37.7. The number of amides is 1. The molecule has 13 heteroatoms. The summed E-state index contributed by atoms with van der Waals surface area (Å²) in [6, 6.07) is 34.3. The molecule has 0 aliphatic carbocycles. The smallest absolute Gasteiger partial charge is 0.263 e. The van der Waals surface area contributed by atoms with E-state index < -0.39 is 36.0 Å². The molecule has 1 aliphatic heterocycles. The summed E-state index contributed by atoms with van der Waals surface area (Å²) in [5.41, 5.74) is 2.03. The number of nitrogens with one attached hydrogen (secondary N) is 1. The van der Waals surface area contributed by atoms with E-state index in [1.54, 1.807) is 30.9 Å². The van der Waals surface area contributed by atoms with E-state index in [-0.39, 0.29) is 19.0 Å². The third kappa shape index (κ3) is 7.15. The quantitative estimate of drug-likeness (QED) is 0.144. The normalized spacial score (nSPS) is 19.4. The summed E-state index contributed by atoms with van der Waals surface area (Å²) >= 11 is 0. The maximum Gasteiger partial charge on any atom is 0.263 e. The van der Waals surface area contributed by atoms with Crippen molar-refractivity contribution >= 4 is 22.9 Å². The molecule has 1 aliphatic rings. The van der Waals surface area contributed by atoms with Gasteiger partial charge in [0.15, 0.2) is 29.8 Å². The van der Waals surface area contributed by atoms with Crippen molar-refractivity contribution in [1.29, 1.82) is 0 Å². The number of rotatable bonds is 14. The molecule has 2 aromatic heterocycles. The molecule has 0 spiro atoms. The Kier molecular flexibility index (Phi) is 10.6. The minimum Gasteiger partial charge on any atom is -0.497 e. The zero-order valence-corrected chi connectivity index (χ0v) is 29.4. The Hall–Kier alpha value is -5.86. The summed E-state index contributed by atoms with van der Waals surface area (Å²) in [5.74, 6) is 1.70. The van der Waals surface area contributed by atoms with E-state index >= 15 is 0 Å². The first-order valence-corrected chi connectivity index (χ1v) is 16.9. The predicted molar refractivity (Wildman–Crippen MR) is 195 cm³/mol. The van der Waals surface area contributed by atoms with Crippen molar-refractivity contribution in [1.82, 2.24) is 19.5 Å². The third-order valence-electron chi connectivity index (χ3n) is 9.21. The van der Waals surface area contributed by atoms with Gasteiger partial charge in [-0.25, -0.2) is 15.0 Å². The Labute approximate surface area is 306 Å². The van der Waals surface area contributed by atoms with Crippen LogP contribution >= 0.6 is 0 Å². The van der Waals surface area contributed by atoms with Gasteiger partial charge >= 0.3 is 0 Å². The van der Waals surface area contributed by atoms with E-state index in [1.165, 1.54) is 19.8 Å². The first kappa shape index (κ1) is 35.5. The van der Waals surface area contributed by atoms with Crippen LogP contribution in [0.5, 0.6) is 17.2 Å². The Morgan fingerprint density at radius 3 is 2.21 bits per heavy atom. The van der Waals surface area contributed by atoms with Crippen LogP contribution < -0.4 is 19.5 Å². The van der Waals surface area contributed by atoms with Crippen molar-refractivity contribution < 1.29 is 38.3 Å². The number of carbonyl (C=O) groups is 1. The van der Waals surface area contributed by atoms with Crippen molar-refractivity contribution in [3.8, 4) is 17.2 Å². The Morgan fingerprint density at radius 1 is 0.811 bits per heavy atom. The molecule has 7 rings (SSSR count). The number of aromatic nitrogens is 4. The summed E-state index contributed by atoms with van der Waals surface area (Å²) in [5, 5.41) is 14.4. The molecular weight excluding hydrogens is 678 g/mol. The number of benzene rings is 4. The van der Waals surface area contributed by atoms with Crippen molar-refractivity contribution in [3.05, 3.63) is 139 Å². The van der Waals surface area contributed by atoms with Gasteiger partial charge in [-0.2, -0.15) is 0 Å². The summed E-state index contributed by atoms with van der Waals surface area (Å²) in [7, 11) is 4.74. The molecule has 53 heavy (non-hydrogen) atoms. The molecule has 3 heterocycles. The van der Waals surface area contributed by atoms with Crippen molar-refractivity contribution in [2.75, 3.05) is 39.9 Å². The number of aliphatic hydroxyl groups excluding tert-OH is 1. The van der Waals surface area contributed by atoms with E-state index in [9.17, 15) is 9.90 Å². The van der Waals surface area contributed by atoms with Gasteiger partial charge in [-0.3, -0.25) is 9.36 Å². The molecule has 6 aromatic rings. The van der Waals surface area contributed by atoms with Gasteiger partial charge < -0.3 is 38.8 Å². The standard InChI is InChI=1S/C40H39N5O8/c1-48-29-19-17-27(18-20-29)40(26-11-6-4-7-12-26,28-13-10-16-31(21-28)49-2)52-22-32-35(47)36(50-3)39(53-32)45-25-43-34-37(41-24-42-38(34)45)44-33(46)23-51-30-14-8-5-9-15-30/h4-21,24-25,32,35-36,39,47H,22-23H2,1-3H3,(H,41,42,44,46)/t32-,35-,36-,39-,40?/m1/s1. The lowest BCUT2D eigenvalue weighted by Gasteiger charge is -2.37. The SMILES string of the molecule is COc1ccc(C(OC[C@H]2O[C@@H](n3cnc4c(NC(=O)COc5ccccc5)ncnc43)[C@H](OC)[C@@H]2O)(c2ccccc2)c2cccc(OC)c2)cc1. The lowest BCUT2D eigenvalue weighted by molar-refractivity contribution is -0.118. The maximum absolute atomic E-state index is 12.8. The predicted octanol–water partition coefficient (Wildman–Crippen LogP) is 5.14. The molecule has 4 aromatic carbocycles. The molecule has 0 radical (unpaired) electrons. The van der Waals surface area contributed by atoms with Gasteiger partial charge in [-0.05, 0) is 53.1 Å². The molecule has 1 saturated heterocycles. The molecule has 2 N–H and O–H groups in total. The first-order valence-electron chi connectivity index (χ1n) is 16.9. The van der Waals surface area contributed by atoms with E-state index in [4.69, 9.17) is 28.4 Å². The molecule has 0 saturated carbocycles. The fourth-order valence-corrected chi connectivity index (χ4v) is 6.60. The fourth-order valence-electron chi connectivity index (χ4n) is 6.60. The number of fused-ring (bicyclic) bond motifs is 1. The van der Waals surface area contributed by atoms with Crippen LogP contribution in [0.4, 0.5) is 5.82 Å². The van der Waals surface area contributed by atoms with E-state index in [2.05, 4.69) is 20.3 Å². The van der Waals surface area contributed by atoms with Gasteiger partial charge in [0.2, 0.25) is 0 Å². The van der Waals surface area contributed by atoms with Gasteiger partial charge in [-0.15, -0.1) is 0 Å². The summed E-state index contributed by atoms with van der Waals surface area (Å²) in [6.45, 7) is -0.266. The van der Waals surface area contributed by atoms with Gasteiger partial charge in [0.25, 0.3) is 5.91 Å². The Balaban J connectivity index is 1.18. The zero-order chi connectivity index (χ0) is 36.8. The minimum absolute atomic E-state index is 0.0417. The lowest BCUT2D eigenvalue weighted by Crippen LogP contribution is -2.40. The highest BCUT2D eigenvalue weighted by Gasteiger charge is 2.48. The first-order chi connectivity index (χ1) is 25.9. The van der Waals surface area contributed by atoms with Crippen LogP contribution in [-0.2, 0) is 24.6 Å². The van der Waals surface area contributed by atoms with Crippen LogP contribution in [-0.4, -0.2) is 83.4 Å². The largest absolute Gasteiger partial charge is 0.497 e. The van der Waals surface area contributed by atoms with Gasteiger partial charge in [-0.1, -0.05) is 72.8 Å². The molecular formula is C40H39N5O8. The summed E-state index contributed by atoms with van der Waals surface area (Å²) in [6.07, 6.45) is -0.781. The van der Waals surface area contributed by atoms with Crippen molar-refractivity contribution in [2.24, 2.45) is 0 Å². The average molecular weight is 718 g/mol. The van der Waals surface area contributed by atoms with Crippen LogP contribution in [0.2, 0.25) is 0 Å². The van der Waals surface area contributed by atoms with Crippen LogP contribution in [0.3, 0.4) is 0 Å². The van der Waals surface area contributed by atoms with Crippen LogP contribution in [0.25, 0.3) is 11.2 Å². The number of imidazole rings is 1. The number of ether oxygens (including phenoxy) is 6. The van der Waals surface area contributed by atoms with E-state index in [0.29, 0.717) is 28.4 Å². The molecule has 1 amide bonds. The minimum atomic E-state index is -1.15. The molecule has 0 bridgehead atoms. The van der Waals surface area contributed by atoms with Gasteiger partial charge in [0.05, 0.1) is 27.2 Å². The number of hydrogen-bond acceptors (Lipinski definition) is 11. The lowest BCUT2D eigenvalue weighted by atomic mass is 9.80. The third-order valence-corrected chi connectivity index (χ3v) is 9.21. The van der Waals surface area contributed by atoms with Gasteiger partial charge in [0, 0.05) is 7.11 Å². The molecule has 272 valence electrons. The molecule has 5 atom stereocenters. The fraction of sp³-hybridized carbons (Fsp3) is 0.250. The highest BCUT2D eigenvalue weighted by atomic mass is 16.6. The highest BCUT2D eigenvalue weighted by molar-refractivity contribution is 5.97. The van der Waals surface area contributed by atoms with Crippen LogP contribution in [0, 0.1) is 0 Å². The number of anilines is 1. The van der Waals surface area contributed by atoms with Crippen molar-refractivity contribution in [3.63, 3.8) is 0 Å². The Morgan fingerprint density at radius 2 is 1.49 bits per heavy atom. The number of methoxy groups -OCH3 is 3. The molecule has 1 fully saturated rings. The van der Waals surface area contributed by atoms with Gasteiger partial charge in [0.1, 0.15) is 47.5 Å². The Bertz CT molecular complexity index is 2130. The maximum atomic E-state index is 12.8. The number of para-hydroxylation sites is 1. The topological polar surface area (TPSA) is 148 Å². The van der Waals surface area contributed by atoms with Crippen LogP contribution in [0.1, 0.15) is 22.9 Å². The van der Waals surface area contributed by atoms with E-state index in [1.807, 2.05) is 97.1 Å².